The van der Waals surface area contributed by atoms with Gasteiger partial charge in [0.2, 0.25) is 5.91 Å². The molecule has 0 saturated carbocycles. The third-order valence-corrected chi connectivity index (χ3v) is 4.52. The van der Waals surface area contributed by atoms with Gasteiger partial charge in [-0.25, -0.2) is 15.0 Å². The average Bonchev–Trinajstić information content (AvgIpc) is 3.06. The topological polar surface area (TPSA) is 67.8 Å². The number of nitrogens with zero attached hydrogens (tertiary/aromatic N) is 3. The smallest absolute Gasteiger partial charge is 0.226 e. The third-order valence-electron chi connectivity index (χ3n) is 3.63. The second-order valence-electron chi connectivity index (χ2n) is 5.42. The Morgan fingerprint density at radius 1 is 1.17 bits per heavy atom. The van der Waals surface area contributed by atoms with Crippen LogP contribution in [-0.4, -0.2) is 27.4 Å². The van der Waals surface area contributed by atoms with E-state index < -0.39 is 0 Å². The molecule has 122 valence electrons. The van der Waals surface area contributed by atoms with Crippen LogP contribution in [0.15, 0.2) is 48.1 Å². The van der Waals surface area contributed by atoms with E-state index in [1.165, 1.54) is 22.5 Å². The minimum Gasteiger partial charge on any atom is -0.355 e. The van der Waals surface area contributed by atoms with Crippen LogP contribution < -0.4 is 5.32 Å². The Balaban J connectivity index is 1.51. The Labute approximate surface area is 144 Å². The highest BCUT2D eigenvalue weighted by Gasteiger charge is 2.10. The molecule has 5 nitrogen and oxygen atoms in total. The number of aryl methyl sites for hydroxylation is 1. The predicted molar refractivity (Wildman–Crippen MR) is 94.7 cm³/mol. The number of nitrogens with one attached hydrogen (secondary N) is 1. The van der Waals surface area contributed by atoms with Crippen LogP contribution in [0.4, 0.5) is 0 Å². The summed E-state index contributed by atoms with van der Waals surface area (Å²) < 4.78 is 0. The van der Waals surface area contributed by atoms with E-state index in [-0.39, 0.29) is 12.3 Å². The summed E-state index contributed by atoms with van der Waals surface area (Å²) >= 11 is 1.45. The normalized spacial score (nSPS) is 10.5. The van der Waals surface area contributed by atoms with E-state index in [0.29, 0.717) is 12.4 Å². The maximum Gasteiger partial charge on any atom is 0.226 e. The van der Waals surface area contributed by atoms with E-state index >= 15 is 0 Å². The molecule has 6 heteroatoms. The van der Waals surface area contributed by atoms with E-state index in [4.69, 9.17) is 0 Å². The zero-order valence-corrected chi connectivity index (χ0v) is 14.2. The Morgan fingerprint density at radius 2 is 1.96 bits per heavy atom. The van der Waals surface area contributed by atoms with Gasteiger partial charge >= 0.3 is 0 Å². The Kier molecular flexibility index (Phi) is 5.28. The second kappa shape index (κ2) is 7.79. The van der Waals surface area contributed by atoms with Gasteiger partial charge in [0, 0.05) is 24.3 Å². The first-order chi connectivity index (χ1) is 11.7. The van der Waals surface area contributed by atoms with Crippen LogP contribution in [0.3, 0.4) is 0 Å². The molecule has 0 bridgehead atoms. The van der Waals surface area contributed by atoms with Crippen LogP contribution >= 0.6 is 11.3 Å². The summed E-state index contributed by atoms with van der Waals surface area (Å²) in [5.74, 6) is 0.572. The van der Waals surface area contributed by atoms with Crippen molar-refractivity contribution in [3.05, 3.63) is 64.9 Å². The molecule has 0 fully saturated rings. The summed E-state index contributed by atoms with van der Waals surface area (Å²) in [6, 6.07) is 9.98. The highest BCUT2D eigenvalue weighted by molar-refractivity contribution is 7.13. The summed E-state index contributed by atoms with van der Waals surface area (Å²) in [5.41, 5.74) is 3.25. The quantitative estimate of drug-likeness (QED) is 0.750. The van der Waals surface area contributed by atoms with Crippen molar-refractivity contribution >= 4 is 17.2 Å². The summed E-state index contributed by atoms with van der Waals surface area (Å²) in [6.07, 6.45) is 4.47. The second-order valence-corrected chi connectivity index (χ2v) is 6.28. The first kappa shape index (κ1) is 16.3. The Morgan fingerprint density at radius 3 is 2.75 bits per heavy atom. The highest BCUT2D eigenvalue weighted by Crippen LogP contribution is 2.19. The van der Waals surface area contributed by atoms with Crippen molar-refractivity contribution in [2.45, 2.75) is 19.8 Å². The molecular formula is C18H18N4OS. The molecule has 2 aromatic heterocycles. The average molecular weight is 338 g/mol. The number of rotatable bonds is 6. The molecule has 24 heavy (non-hydrogen) atoms. The van der Waals surface area contributed by atoms with Crippen LogP contribution in [0.5, 0.6) is 0 Å². The van der Waals surface area contributed by atoms with Gasteiger partial charge < -0.3 is 5.32 Å². The third kappa shape index (κ3) is 4.23. The molecule has 1 N–H and O–H groups in total. The molecule has 1 aromatic carbocycles. The van der Waals surface area contributed by atoms with Crippen LogP contribution in [0.2, 0.25) is 0 Å². The minimum absolute atomic E-state index is 0.0191. The zero-order valence-electron chi connectivity index (χ0n) is 13.4. The maximum absolute atomic E-state index is 12.1. The highest BCUT2D eigenvalue weighted by atomic mass is 32.1. The molecule has 0 saturated heterocycles. The summed E-state index contributed by atoms with van der Waals surface area (Å²) in [6.45, 7) is 2.71. The monoisotopic (exact) mass is 338 g/mol. The van der Waals surface area contributed by atoms with Crippen molar-refractivity contribution in [3.63, 3.8) is 0 Å². The lowest BCUT2D eigenvalue weighted by atomic mass is 10.1. The van der Waals surface area contributed by atoms with Crippen LogP contribution in [0.25, 0.3) is 10.8 Å². The largest absolute Gasteiger partial charge is 0.355 e. The van der Waals surface area contributed by atoms with Gasteiger partial charge in [-0.3, -0.25) is 4.79 Å². The fraction of sp³-hybridized carbons (Fsp3) is 0.222. The van der Waals surface area contributed by atoms with Crippen molar-refractivity contribution in [2.75, 3.05) is 6.54 Å². The van der Waals surface area contributed by atoms with Gasteiger partial charge in [-0.05, 0) is 30.5 Å². The van der Waals surface area contributed by atoms with Crippen molar-refractivity contribution in [1.29, 1.82) is 0 Å². The summed E-state index contributed by atoms with van der Waals surface area (Å²) in [5, 5.41) is 5.57. The Hall–Kier alpha value is -2.60. The SMILES string of the molecule is Cc1ccccc1CCNC(=O)Cc1csc(-c2ncccn2)n1. The van der Waals surface area contributed by atoms with Crippen LogP contribution in [0.1, 0.15) is 16.8 Å². The molecule has 3 aromatic rings. The van der Waals surface area contributed by atoms with Gasteiger partial charge in [-0.15, -0.1) is 11.3 Å². The molecule has 0 radical (unpaired) electrons. The van der Waals surface area contributed by atoms with Gasteiger partial charge in [0.1, 0.15) is 0 Å². The summed E-state index contributed by atoms with van der Waals surface area (Å²) in [7, 11) is 0. The van der Waals surface area contributed by atoms with Crippen molar-refractivity contribution in [1.82, 2.24) is 20.3 Å². The lowest BCUT2D eigenvalue weighted by Crippen LogP contribution is -2.27. The van der Waals surface area contributed by atoms with Gasteiger partial charge in [0.05, 0.1) is 12.1 Å². The predicted octanol–water partition coefficient (Wildman–Crippen LogP) is 2.81. The molecular weight excluding hydrogens is 320 g/mol. The lowest BCUT2D eigenvalue weighted by Gasteiger charge is -2.06. The van der Waals surface area contributed by atoms with Crippen molar-refractivity contribution < 1.29 is 4.79 Å². The first-order valence-corrected chi connectivity index (χ1v) is 8.63. The van der Waals surface area contributed by atoms with Gasteiger partial charge in [-0.1, -0.05) is 24.3 Å². The van der Waals surface area contributed by atoms with Gasteiger partial charge in [0.25, 0.3) is 0 Å². The lowest BCUT2D eigenvalue weighted by molar-refractivity contribution is -0.120. The fourth-order valence-electron chi connectivity index (χ4n) is 2.35. The number of aromatic nitrogens is 3. The molecule has 0 aliphatic carbocycles. The van der Waals surface area contributed by atoms with E-state index in [9.17, 15) is 4.79 Å². The maximum atomic E-state index is 12.1. The Bertz CT molecular complexity index is 817. The number of hydrogen-bond donors (Lipinski definition) is 1. The van der Waals surface area contributed by atoms with E-state index in [0.717, 1.165) is 17.1 Å². The van der Waals surface area contributed by atoms with E-state index in [1.807, 2.05) is 17.5 Å². The van der Waals surface area contributed by atoms with Crippen molar-refractivity contribution in [2.24, 2.45) is 0 Å². The zero-order chi connectivity index (χ0) is 16.8. The van der Waals surface area contributed by atoms with E-state index in [1.54, 1.807) is 18.5 Å². The molecule has 0 atom stereocenters. The molecule has 0 unspecified atom stereocenters. The summed E-state index contributed by atoms with van der Waals surface area (Å²) in [4.78, 5) is 24.8. The number of carbonyl (C=O) groups is 1. The molecule has 3 rings (SSSR count). The molecule has 0 aliphatic heterocycles. The standard InChI is InChI=1S/C18H18N4OS/c1-13-5-2-3-6-14(13)7-10-19-16(23)11-15-12-24-18(22-15)17-20-8-4-9-21-17/h2-6,8-9,12H,7,10-11H2,1H3,(H,19,23). The van der Waals surface area contributed by atoms with E-state index in [2.05, 4.69) is 39.3 Å². The number of hydrogen-bond acceptors (Lipinski definition) is 5. The molecule has 0 spiro atoms. The number of amides is 1. The number of thiazole rings is 1. The van der Waals surface area contributed by atoms with Crippen LogP contribution in [0, 0.1) is 6.92 Å². The molecule has 0 aliphatic rings. The van der Waals surface area contributed by atoms with Crippen LogP contribution in [-0.2, 0) is 17.6 Å². The fourth-order valence-corrected chi connectivity index (χ4v) is 3.12. The number of benzene rings is 1. The minimum atomic E-state index is -0.0191. The van der Waals surface area contributed by atoms with Gasteiger partial charge in [0.15, 0.2) is 10.8 Å². The molecule has 1 amide bonds. The first-order valence-electron chi connectivity index (χ1n) is 7.75. The molecule has 2 heterocycles. The van der Waals surface area contributed by atoms with Gasteiger partial charge in [-0.2, -0.15) is 0 Å². The van der Waals surface area contributed by atoms with Crippen molar-refractivity contribution in [3.8, 4) is 10.8 Å². The number of carbonyl (C=O) groups excluding carboxylic acids is 1.